The first-order valence-electron chi connectivity index (χ1n) is 7.62. The van der Waals surface area contributed by atoms with Gasteiger partial charge in [-0.2, -0.15) is 0 Å². The predicted octanol–water partition coefficient (Wildman–Crippen LogP) is 1.59. The zero-order valence-corrected chi connectivity index (χ0v) is 12.6. The maximum absolute atomic E-state index is 12.5. The number of amides is 1. The number of rotatable bonds is 4. The normalized spacial score (nSPS) is 15.6. The molecule has 1 fully saturated rings. The van der Waals surface area contributed by atoms with E-state index in [1.165, 1.54) is 0 Å². The van der Waals surface area contributed by atoms with Crippen LogP contribution in [0.2, 0.25) is 0 Å². The van der Waals surface area contributed by atoms with Crippen LogP contribution in [0.3, 0.4) is 0 Å². The van der Waals surface area contributed by atoms with Crippen molar-refractivity contribution in [1.29, 1.82) is 0 Å². The molecule has 1 amide bonds. The lowest BCUT2D eigenvalue weighted by molar-refractivity contribution is -0.138. The number of carbonyl (C=O) groups is 2. The van der Waals surface area contributed by atoms with Gasteiger partial charge < -0.3 is 10.0 Å². The summed E-state index contributed by atoms with van der Waals surface area (Å²) in [5.74, 6) is -0.780. The maximum Gasteiger partial charge on any atom is 0.303 e. The molecular weight excluding hydrogens is 296 g/mol. The molecule has 1 N–H and O–H groups in total. The lowest BCUT2D eigenvalue weighted by atomic mass is 9.93. The third-order valence-corrected chi connectivity index (χ3v) is 4.10. The van der Waals surface area contributed by atoms with E-state index in [1.807, 2.05) is 30.3 Å². The van der Waals surface area contributed by atoms with Crippen molar-refractivity contribution in [1.82, 2.24) is 19.9 Å². The highest BCUT2D eigenvalue weighted by Crippen LogP contribution is 2.21. The Morgan fingerprint density at radius 2 is 1.87 bits per heavy atom. The molecule has 1 aliphatic rings. The Balaban J connectivity index is 1.63. The summed E-state index contributed by atoms with van der Waals surface area (Å²) in [4.78, 5) is 24.9. The summed E-state index contributed by atoms with van der Waals surface area (Å²) in [7, 11) is 0. The molecule has 1 aromatic carbocycles. The highest BCUT2D eigenvalue weighted by Gasteiger charge is 2.26. The zero-order chi connectivity index (χ0) is 16.2. The van der Waals surface area contributed by atoms with Gasteiger partial charge in [-0.3, -0.25) is 9.59 Å². The molecular formula is C16H18N4O3. The number of hydrogen-bond acceptors (Lipinski definition) is 4. The van der Waals surface area contributed by atoms with Crippen LogP contribution in [0.4, 0.5) is 0 Å². The number of carboxylic acids is 1. The molecule has 0 unspecified atom stereocenters. The lowest BCUT2D eigenvalue weighted by Gasteiger charge is -2.30. The molecule has 0 atom stereocenters. The zero-order valence-electron chi connectivity index (χ0n) is 12.6. The van der Waals surface area contributed by atoms with Crippen LogP contribution in [-0.2, 0) is 4.79 Å². The first-order chi connectivity index (χ1) is 11.1. The number of aliphatic carboxylic acids is 1. The highest BCUT2D eigenvalue weighted by molar-refractivity contribution is 5.92. The fourth-order valence-electron chi connectivity index (χ4n) is 2.82. The van der Waals surface area contributed by atoms with Crippen LogP contribution in [0.25, 0.3) is 5.69 Å². The van der Waals surface area contributed by atoms with Crippen molar-refractivity contribution in [2.45, 2.75) is 19.3 Å². The average Bonchev–Trinajstić information content (AvgIpc) is 3.05. The fraction of sp³-hybridized carbons (Fsp3) is 0.375. The maximum atomic E-state index is 12.5. The van der Waals surface area contributed by atoms with Gasteiger partial charge in [-0.25, -0.2) is 4.68 Å². The van der Waals surface area contributed by atoms with Gasteiger partial charge >= 0.3 is 5.97 Å². The van der Waals surface area contributed by atoms with Gasteiger partial charge in [0.1, 0.15) is 0 Å². The van der Waals surface area contributed by atoms with Crippen LogP contribution >= 0.6 is 0 Å². The number of aromatic nitrogens is 3. The van der Waals surface area contributed by atoms with E-state index in [4.69, 9.17) is 5.11 Å². The van der Waals surface area contributed by atoms with E-state index in [0.29, 0.717) is 31.6 Å². The van der Waals surface area contributed by atoms with Gasteiger partial charge in [-0.15, -0.1) is 5.10 Å². The van der Waals surface area contributed by atoms with Crippen LogP contribution in [0.1, 0.15) is 29.8 Å². The lowest BCUT2D eigenvalue weighted by Crippen LogP contribution is -2.39. The minimum Gasteiger partial charge on any atom is -0.481 e. The Kier molecular flexibility index (Phi) is 4.36. The average molecular weight is 314 g/mol. The van der Waals surface area contributed by atoms with E-state index in [1.54, 1.807) is 15.8 Å². The molecule has 3 rings (SSSR count). The third-order valence-electron chi connectivity index (χ3n) is 4.10. The summed E-state index contributed by atoms with van der Waals surface area (Å²) in [6, 6.07) is 9.48. The van der Waals surface area contributed by atoms with Crippen LogP contribution < -0.4 is 0 Å². The minimum atomic E-state index is -0.777. The molecule has 0 bridgehead atoms. The van der Waals surface area contributed by atoms with Gasteiger partial charge in [-0.1, -0.05) is 23.4 Å². The number of likely N-dealkylation sites (tertiary alicyclic amines) is 1. The molecule has 2 heterocycles. The smallest absolute Gasteiger partial charge is 0.303 e. The molecule has 23 heavy (non-hydrogen) atoms. The first kappa shape index (κ1) is 15.2. The molecule has 2 aromatic rings. The number of piperidine rings is 1. The molecule has 7 nitrogen and oxygen atoms in total. The predicted molar refractivity (Wildman–Crippen MR) is 82.2 cm³/mol. The summed E-state index contributed by atoms with van der Waals surface area (Å²) in [6.07, 6.45) is 3.23. The molecule has 0 radical (unpaired) electrons. The van der Waals surface area contributed by atoms with Crippen LogP contribution in [0.5, 0.6) is 0 Å². The summed E-state index contributed by atoms with van der Waals surface area (Å²) in [5.41, 5.74) is 1.16. The Morgan fingerprint density at radius 1 is 1.17 bits per heavy atom. The molecule has 0 spiro atoms. The second-order valence-electron chi connectivity index (χ2n) is 5.72. The van der Waals surface area contributed by atoms with Gasteiger partial charge in [0, 0.05) is 19.5 Å². The topological polar surface area (TPSA) is 88.3 Å². The Bertz CT molecular complexity index is 690. The second-order valence-corrected chi connectivity index (χ2v) is 5.72. The monoisotopic (exact) mass is 314 g/mol. The summed E-state index contributed by atoms with van der Waals surface area (Å²) >= 11 is 0. The van der Waals surface area contributed by atoms with Crippen LogP contribution in [-0.4, -0.2) is 50.0 Å². The first-order valence-corrected chi connectivity index (χ1v) is 7.62. The molecule has 0 aliphatic carbocycles. The largest absolute Gasteiger partial charge is 0.481 e. The summed E-state index contributed by atoms with van der Waals surface area (Å²) in [6.45, 7) is 1.13. The number of benzene rings is 1. The number of para-hydroxylation sites is 1. The van der Waals surface area contributed by atoms with Gasteiger partial charge in [0.2, 0.25) is 0 Å². The van der Waals surface area contributed by atoms with Crippen molar-refractivity contribution >= 4 is 11.9 Å². The van der Waals surface area contributed by atoms with Crippen molar-refractivity contribution in [3.8, 4) is 5.69 Å². The Morgan fingerprint density at radius 3 is 2.52 bits per heavy atom. The second kappa shape index (κ2) is 6.60. The van der Waals surface area contributed by atoms with Crippen molar-refractivity contribution in [3.63, 3.8) is 0 Å². The van der Waals surface area contributed by atoms with Crippen molar-refractivity contribution in [3.05, 3.63) is 42.2 Å². The SMILES string of the molecule is O=C(O)CC1CCN(C(=O)c2cn(-c3ccccc3)nn2)CC1. The molecule has 120 valence electrons. The minimum absolute atomic E-state index is 0.150. The van der Waals surface area contributed by atoms with E-state index >= 15 is 0 Å². The van der Waals surface area contributed by atoms with Crippen molar-refractivity contribution < 1.29 is 14.7 Å². The summed E-state index contributed by atoms with van der Waals surface area (Å²) in [5, 5.41) is 16.8. The highest BCUT2D eigenvalue weighted by atomic mass is 16.4. The molecule has 7 heteroatoms. The van der Waals surface area contributed by atoms with E-state index in [0.717, 1.165) is 5.69 Å². The van der Waals surface area contributed by atoms with Gasteiger partial charge in [0.15, 0.2) is 5.69 Å². The van der Waals surface area contributed by atoms with Crippen LogP contribution in [0, 0.1) is 5.92 Å². The van der Waals surface area contributed by atoms with E-state index in [9.17, 15) is 9.59 Å². The third kappa shape index (κ3) is 3.56. The van der Waals surface area contributed by atoms with Crippen molar-refractivity contribution in [2.75, 3.05) is 13.1 Å². The molecule has 1 aromatic heterocycles. The van der Waals surface area contributed by atoms with E-state index in [2.05, 4.69) is 10.3 Å². The summed E-state index contributed by atoms with van der Waals surface area (Å²) < 4.78 is 1.57. The number of hydrogen-bond donors (Lipinski definition) is 1. The number of nitrogens with zero attached hydrogens (tertiary/aromatic N) is 4. The molecule has 1 aliphatic heterocycles. The van der Waals surface area contributed by atoms with Gasteiger partial charge in [0.25, 0.3) is 5.91 Å². The van der Waals surface area contributed by atoms with E-state index < -0.39 is 5.97 Å². The number of carboxylic acid groups (broad SMARTS) is 1. The van der Waals surface area contributed by atoms with Gasteiger partial charge in [-0.05, 0) is 30.9 Å². The number of carbonyl (C=O) groups excluding carboxylic acids is 1. The standard InChI is InChI=1S/C16H18N4O3/c21-15(22)10-12-6-8-19(9-7-12)16(23)14-11-20(18-17-14)13-4-2-1-3-5-13/h1-5,11-12H,6-10H2,(H,21,22). The Labute approximate surface area is 133 Å². The van der Waals surface area contributed by atoms with E-state index in [-0.39, 0.29) is 18.2 Å². The molecule has 1 saturated heterocycles. The van der Waals surface area contributed by atoms with Crippen LogP contribution in [0.15, 0.2) is 36.5 Å². The van der Waals surface area contributed by atoms with Gasteiger partial charge in [0.05, 0.1) is 11.9 Å². The van der Waals surface area contributed by atoms with Crippen molar-refractivity contribution in [2.24, 2.45) is 5.92 Å². The Hall–Kier alpha value is -2.70. The quantitative estimate of drug-likeness (QED) is 0.926. The molecule has 0 saturated carbocycles. The fourth-order valence-corrected chi connectivity index (χ4v) is 2.82.